The van der Waals surface area contributed by atoms with Crippen LogP contribution < -0.4 is 9.64 Å². The molecule has 3 aliphatic carbocycles. The Morgan fingerprint density at radius 1 is 1.16 bits per heavy atom. The fourth-order valence-corrected chi connectivity index (χ4v) is 9.75. The molecule has 3 saturated heterocycles. The van der Waals surface area contributed by atoms with E-state index in [0.717, 1.165) is 65.7 Å². The van der Waals surface area contributed by atoms with Crippen LogP contribution in [0, 0.1) is 6.92 Å². The van der Waals surface area contributed by atoms with Crippen LogP contribution in [0.5, 0.6) is 6.01 Å². The van der Waals surface area contributed by atoms with E-state index in [1.54, 1.807) is 19.2 Å². The molecule has 5 fully saturated rings. The molecule has 0 unspecified atom stereocenters. The van der Waals surface area contributed by atoms with Gasteiger partial charge in [-0.3, -0.25) is 9.88 Å². The number of hydrogen-bond donors (Lipinski definition) is 1. The predicted molar refractivity (Wildman–Crippen MR) is 185 cm³/mol. The van der Waals surface area contributed by atoms with Crippen molar-refractivity contribution in [1.29, 1.82) is 0 Å². The summed E-state index contributed by atoms with van der Waals surface area (Å²) < 4.78 is 43.2. The number of anilines is 1. The molecule has 3 aromatic rings. The van der Waals surface area contributed by atoms with Gasteiger partial charge in [0.15, 0.2) is 0 Å². The van der Waals surface area contributed by atoms with E-state index in [0.29, 0.717) is 79.8 Å². The summed E-state index contributed by atoms with van der Waals surface area (Å²) in [5.41, 5.74) is 3.88. The number of ether oxygens (including phenoxy) is 2. The van der Waals surface area contributed by atoms with Gasteiger partial charge in [0, 0.05) is 52.8 Å². The molecule has 6 aliphatic rings. The second-order valence-electron chi connectivity index (χ2n) is 15.6. The Balaban J connectivity index is 1.23. The number of β-amino-alcohol motifs (C(OH)–C–C–N with tert-alkyl or cyclic N) is 1. The van der Waals surface area contributed by atoms with Gasteiger partial charge in [-0.15, -0.1) is 0 Å². The van der Waals surface area contributed by atoms with Crippen LogP contribution in [0.4, 0.5) is 14.6 Å². The first kappa shape index (κ1) is 31.8. The first-order valence-electron chi connectivity index (χ1n) is 17.6. The number of halogens is 3. The topological polar surface area (TPSA) is 83.8 Å². The molecule has 0 amide bonds. The van der Waals surface area contributed by atoms with E-state index in [2.05, 4.69) is 16.4 Å². The number of aryl methyl sites for hydroxylation is 1. The first-order chi connectivity index (χ1) is 23.5. The van der Waals surface area contributed by atoms with Crippen molar-refractivity contribution < 1.29 is 23.4 Å². The molecule has 0 bridgehead atoms. The van der Waals surface area contributed by atoms with Gasteiger partial charge in [-0.25, -0.2) is 8.78 Å². The molecule has 2 saturated carbocycles. The predicted octanol–water partition coefficient (Wildman–Crippen LogP) is 6.71. The SMILES string of the molecule is C=Cc1c(C)cc(Cl)c(C2(F)CC2)c1-c1nccc2c1C1(CC1)c1nc(OC[C@@]34CCCN3C[C@H](F)C4)nc(N3CCOC[C@@](C)(O)C3)c1-2. The highest BCUT2D eigenvalue weighted by atomic mass is 35.5. The van der Waals surface area contributed by atoms with E-state index >= 15 is 4.39 Å². The van der Waals surface area contributed by atoms with Crippen molar-refractivity contribution in [3.05, 3.63) is 57.9 Å². The minimum atomic E-state index is -1.51. The average Bonchev–Trinajstić information content (AvgIpc) is 3.93. The number of benzene rings is 1. The minimum absolute atomic E-state index is 0.212. The Bertz CT molecular complexity index is 1900. The number of alkyl halides is 2. The van der Waals surface area contributed by atoms with Crippen LogP contribution in [0.25, 0.3) is 28.5 Å². The van der Waals surface area contributed by atoms with E-state index in [1.807, 2.05) is 19.1 Å². The third-order valence-corrected chi connectivity index (χ3v) is 12.2. The molecule has 11 heteroatoms. The number of pyridine rings is 1. The quantitative estimate of drug-likeness (QED) is 0.293. The Hall–Kier alpha value is -3.18. The van der Waals surface area contributed by atoms with Crippen LogP contribution in [0.3, 0.4) is 0 Å². The third kappa shape index (κ3) is 4.88. The summed E-state index contributed by atoms with van der Waals surface area (Å²) in [7, 11) is 0. The van der Waals surface area contributed by atoms with E-state index in [1.165, 1.54) is 0 Å². The molecule has 3 aliphatic heterocycles. The van der Waals surface area contributed by atoms with Crippen molar-refractivity contribution >= 4 is 23.5 Å². The summed E-state index contributed by atoms with van der Waals surface area (Å²) >= 11 is 6.88. The Labute approximate surface area is 290 Å². The van der Waals surface area contributed by atoms with Gasteiger partial charge in [-0.1, -0.05) is 24.3 Å². The first-order valence-corrected chi connectivity index (χ1v) is 18.0. The van der Waals surface area contributed by atoms with Gasteiger partial charge in [-0.05, 0) is 93.3 Å². The van der Waals surface area contributed by atoms with Crippen molar-refractivity contribution in [2.45, 2.75) is 87.2 Å². The van der Waals surface area contributed by atoms with Gasteiger partial charge < -0.3 is 19.5 Å². The molecule has 1 N–H and O–H groups in total. The molecular weight excluding hydrogens is 648 g/mol. The smallest absolute Gasteiger partial charge is 0.318 e. The fourth-order valence-electron chi connectivity index (χ4n) is 9.32. The maximum absolute atomic E-state index is 16.3. The van der Waals surface area contributed by atoms with Crippen molar-refractivity contribution in [2.24, 2.45) is 0 Å². The fraction of sp³-hybridized carbons (Fsp3) is 0.553. The highest BCUT2D eigenvalue weighted by Crippen LogP contribution is 2.66. The van der Waals surface area contributed by atoms with Crippen molar-refractivity contribution in [3.63, 3.8) is 0 Å². The number of aliphatic hydroxyl groups is 1. The Kier molecular flexibility index (Phi) is 7.07. The van der Waals surface area contributed by atoms with Crippen LogP contribution in [0.2, 0.25) is 5.02 Å². The molecule has 0 radical (unpaired) electrons. The maximum atomic E-state index is 16.3. The molecule has 1 spiro atoms. The Morgan fingerprint density at radius 2 is 1.98 bits per heavy atom. The lowest BCUT2D eigenvalue weighted by molar-refractivity contribution is -0.0123. The summed E-state index contributed by atoms with van der Waals surface area (Å²) in [6.07, 6.45) is 7.54. The van der Waals surface area contributed by atoms with Crippen molar-refractivity contribution in [1.82, 2.24) is 19.9 Å². The molecule has 9 rings (SSSR count). The molecule has 2 aromatic heterocycles. The van der Waals surface area contributed by atoms with Gasteiger partial charge in [0.1, 0.15) is 29.9 Å². The highest BCUT2D eigenvalue weighted by Gasteiger charge is 2.58. The van der Waals surface area contributed by atoms with Crippen LogP contribution in [0.1, 0.15) is 79.8 Å². The lowest BCUT2D eigenvalue weighted by Gasteiger charge is -2.32. The van der Waals surface area contributed by atoms with E-state index in [4.69, 9.17) is 36.0 Å². The van der Waals surface area contributed by atoms with Crippen LogP contribution in [-0.2, 0) is 15.8 Å². The van der Waals surface area contributed by atoms with E-state index in [9.17, 15) is 9.50 Å². The number of rotatable bonds is 7. The summed E-state index contributed by atoms with van der Waals surface area (Å²) in [6.45, 7) is 10.9. The summed E-state index contributed by atoms with van der Waals surface area (Å²) in [5.74, 6) is 0.666. The number of fused-ring (bicyclic) bond motifs is 6. The number of aromatic nitrogens is 3. The van der Waals surface area contributed by atoms with Gasteiger partial charge in [-0.2, -0.15) is 9.97 Å². The molecule has 258 valence electrons. The van der Waals surface area contributed by atoms with Gasteiger partial charge in [0.25, 0.3) is 0 Å². The number of hydrogen-bond acceptors (Lipinski definition) is 8. The minimum Gasteiger partial charge on any atom is -0.461 e. The van der Waals surface area contributed by atoms with Crippen molar-refractivity contribution in [2.75, 3.05) is 50.9 Å². The zero-order chi connectivity index (χ0) is 33.9. The monoisotopic (exact) mass is 689 g/mol. The summed E-state index contributed by atoms with van der Waals surface area (Å²) in [6, 6.07) is 4.10. The molecule has 1 aromatic carbocycles. The average molecular weight is 690 g/mol. The summed E-state index contributed by atoms with van der Waals surface area (Å²) in [4.78, 5) is 19.6. The molecule has 49 heavy (non-hydrogen) atoms. The van der Waals surface area contributed by atoms with Gasteiger partial charge in [0.05, 0.1) is 36.7 Å². The van der Waals surface area contributed by atoms with E-state index in [-0.39, 0.29) is 18.2 Å². The molecule has 3 atom stereocenters. The number of nitrogens with zero attached hydrogens (tertiary/aromatic N) is 5. The lowest BCUT2D eigenvalue weighted by atomic mass is 9.85. The van der Waals surface area contributed by atoms with Gasteiger partial charge >= 0.3 is 6.01 Å². The second kappa shape index (κ2) is 10.9. The standard InChI is InChI=1S/C38H42ClF2N5O3/c1-4-24-22(2)16-26(39)30(38(41)10-11-38)27(24)31-29-25(6-12-42-31)28-32(37(29)8-9-37)43-34(44-33(28)45-14-15-48-20-35(3,47)19-45)49-21-36-7-5-13-46(36)18-23(40)17-36/h4,6,12,16,23,47H,1,5,7-11,13-15,17-21H2,2-3H3/t23-,35+,36+/m1/s1. The van der Waals surface area contributed by atoms with Crippen LogP contribution >= 0.6 is 11.6 Å². The normalized spacial score (nSPS) is 29.0. The Morgan fingerprint density at radius 3 is 2.73 bits per heavy atom. The zero-order valence-corrected chi connectivity index (χ0v) is 28.9. The zero-order valence-electron chi connectivity index (χ0n) is 28.1. The molecule has 5 heterocycles. The summed E-state index contributed by atoms with van der Waals surface area (Å²) in [5, 5.41) is 11.7. The molecular formula is C38H42ClF2N5O3. The third-order valence-electron chi connectivity index (χ3n) is 11.9. The van der Waals surface area contributed by atoms with Crippen LogP contribution in [-0.4, -0.2) is 88.3 Å². The molecule has 8 nitrogen and oxygen atoms in total. The second-order valence-corrected chi connectivity index (χ2v) is 16.0. The highest BCUT2D eigenvalue weighted by molar-refractivity contribution is 6.32. The maximum Gasteiger partial charge on any atom is 0.318 e. The van der Waals surface area contributed by atoms with Crippen LogP contribution in [0.15, 0.2) is 24.9 Å². The largest absolute Gasteiger partial charge is 0.461 e. The van der Waals surface area contributed by atoms with Gasteiger partial charge in [0.2, 0.25) is 0 Å². The van der Waals surface area contributed by atoms with Crippen molar-refractivity contribution in [3.8, 4) is 28.4 Å². The lowest BCUT2D eigenvalue weighted by Crippen LogP contribution is -2.44. The van der Waals surface area contributed by atoms with E-state index < -0.39 is 22.9 Å².